The first kappa shape index (κ1) is 10.4. The SMILES string of the molecule is CC1CCCCCC1N1CCNCC1. The average Bonchev–Trinajstić information content (AvgIpc) is 2.44. The van der Waals surface area contributed by atoms with Crippen molar-refractivity contribution in [2.45, 2.75) is 45.1 Å². The van der Waals surface area contributed by atoms with Gasteiger partial charge in [-0.05, 0) is 18.8 Å². The van der Waals surface area contributed by atoms with Crippen LogP contribution in [-0.4, -0.2) is 37.1 Å². The van der Waals surface area contributed by atoms with Crippen molar-refractivity contribution in [1.82, 2.24) is 10.2 Å². The molecule has 1 heterocycles. The highest BCUT2D eigenvalue weighted by Gasteiger charge is 2.26. The van der Waals surface area contributed by atoms with Gasteiger partial charge in [0, 0.05) is 32.2 Å². The second-order valence-corrected chi connectivity index (χ2v) is 4.97. The molecule has 2 nitrogen and oxygen atoms in total. The maximum atomic E-state index is 3.44. The number of piperazine rings is 1. The van der Waals surface area contributed by atoms with Gasteiger partial charge in [0.25, 0.3) is 0 Å². The fraction of sp³-hybridized carbons (Fsp3) is 1.00. The van der Waals surface area contributed by atoms with Gasteiger partial charge in [0.15, 0.2) is 0 Å². The molecule has 2 aliphatic rings. The molecule has 2 fully saturated rings. The molecule has 2 atom stereocenters. The van der Waals surface area contributed by atoms with Gasteiger partial charge in [-0.15, -0.1) is 0 Å². The third-order valence-corrected chi connectivity index (χ3v) is 3.94. The molecule has 0 bridgehead atoms. The van der Waals surface area contributed by atoms with Crippen molar-refractivity contribution in [1.29, 1.82) is 0 Å². The van der Waals surface area contributed by atoms with Gasteiger partial charge in [0.2, 0.25) is 0 Å². The maximum absolute atomic E-state index is 3.44. The van der Waals surface area contributed by atoms with Gasteiger partial charge in [-0.25, -0.2) is 0 Å². The lowest BCUT2D eigenvalue weighted by Crippen LogP contribution is -2.50. The van der Waals surface area contributed by atoms with E-state index in [1.807, 2.05) is 0 Å². The molecule has 2 rings (SSSR count). The summed E-state index contributed by atoms with van der Waals surface area (Å²) in [6.45, 7) is 7.40. The highest BCUT2D eigenvalue weighted by atomic mass is 15.2. The molecular weight excluding hydrogens is 172 g/mol. The molecule has 82 valence electrons. The molecule has 2 heteroatoms. The molecule has 0 aromatic heterocycles. The van der Waals surface area contributed by atoms with E-state index >= 15 is 0 Å². The predicted octanol–water partition coefficient (Wildman–Crippen LogP) is 1.86. The first-order valence-electron chi connectivity index (χ1n) is 6.32. The number of hydrogen-bond acceptors (Lipinski definition) is 2. The monoisotopic (exact) mass is 196 g/mol. The van der Waals surface area contributed by atoms with Crippen LogP contribution in [0.25, 0.3) is 0 Å². The van der Waals surface area contributed by atoms with Gasteiger partial charge in [-0.1, -0.05) is 26.2 Å². The largest absolute Gasteiger partial charge is 0.314 e. The zero-order valence-corrected chi connectivity index (χ0v) is 9.47. The lowest BCUT2D eigenvalue weighted by Gasteiger charge is -2.37. The average molecular weight is 196 g/mol. The van der Waals surface area contributed by atoms with E-state index in [0.29, 0.717) is 0 Å². The summed E-state index contributed by atoms with van der Waals surface area (Å²) in [6.07, 6.45) is 7.28. The maximum Gasteiger partial charge on any atom is 0.0122 e. The molecule has 0 spiro atoms. The van der Waals surface area contributed by atoms with Gasteiger partial charge < -0.3 is 5.32 Å². The second kappa shape index (κ2) is 5.13. The Morgan fingerprint density at radius 1 is 1.00 bits per heavy atom. The Morgan fingerprint density at radius 3 is 2.50 bits per heavy atom. The smallest absolute Gasteiger partial charge is 0.0122 e. The molecule has 14 heavy (non-hydrogen) atoms. The van der Waals surface area contributed by atoms with Gasteiger partial charge in [-0.2, -0.15) is 0 Å². The minimum atomic E-state index is 0.889. The molecular formula is C12H24N2. The van der Waals surface area contributed by atoms with Crippen LogP contribution in [0.2, 0.25) is 0 Å². The normalized spacial score (nSPS) is 36.6. The number of rotatable bonds is 1. The molecule has 1 N–H and O–H groups in total. The van der Waals surface area contributed by atoms with Gasteiger partial charge >= 0.3 is 0 Å². The van der Waals surface area contributed by atoms with Crippen molar-refractivity contribution in [3.63, 3.8) is 0 Å². The topological polar surface area (TPSA) is 15.3 Å². The third kappa shape index (κ3) is 2.48. The molecule has 0 aromatic carbocycles. The van der Waals surface area contributed by atoms with Crippen LogP contribution < -0.4 is 5.32 Å². The standard InChI is InChI=1S/C12H24N2/c1-11-5-3-2-4-6-12(11)14-9-7-13-8-10-14/h11-13H,2-10H2,1H3. The molecule has 1 saturated heterocycles. The summed E-state index contributed by atoms with van der Waals surface area (Å²) in [6, 6.07) is 0.889. The van der Waals surface area contributed by atoms with Crippen molar-refractivity contribution < 1.29 is 0 Å². The molecule has 1 aliphatic carbocycles. The Balaban J connectivity index is 1.91. The summed E-state index contributed by atoms with van der Waals surface area (Å²) < 4.78 is 0. The summed E-state index contributed by atoms with van der Waals surface area (Å²) in [5, 5.41) is 3.44. The predicted molar refractivity (Wildman–Crippen MR) is 60.5 cm³/mol. The Kier molecular flexibility index (Phi) is 3.82. The number of nitrogens with zero attached hydrogens (tertiary/aromatic N) is 1. The lowest BCUT2D eigenvalue weighted by atomic mass is 9.95. The van der Waals surface area contributed by atoms with Crippen LogP contribution in [0.4, 0.5) is 0 Å². The summed E-state index contributed by atoms with van der Waals surface area (Å²) in [4.78, 5) is 2.73. The molecule has 1 aliphatic heterocycles. The summed E-state index contributed by atoms with van der Waals surface area (Å²) >= 11 is 0. The van der Waals surface area contributed by atoms with Gasteiger partial charge in [0.05, 0.1) is 0 Å². The summed E-state index contributed by atoms with van der Waals surface area (Å²) in [5.74, 6) is 0.926. The van der Waals surface area contributed by atoms with Crippen LogP contribution in [0.5, 0.6) is 0 Å². The summed E-state index contributed by atoms with van der Waals surface area (Å²) in [5.41, 5.74) is 0. The number of nitrogens with one attached hydrogen (secondary N) is 1. The van der Waals surface area contributed by atoms with E-state index in [1.165, 1.54) is 58.3 Å². The molecule has 2 unspecified atom stereocenters. The van der Waals surface area contributed by atoms with Crippen LogP contribution in [0.1, 0.15) is 39.0 Å². The van der Waals surface area contributed by atoms with E-state index in [2.05, 4.69) is 17.1 Å². The van der Waals surface area contributed by atoms with E-state index in [9.17, 15) is 0 Å². The molecule has 0 radical (unpaired) electrons. The van der Waals surface area contributed by atoms with Crippen molar-refractivity contribution in [3.05, 3.63) is 0 Å². The summed E-state index contributed by atoms with van der Waals surface area (Å²) in [7, 11) is 0. The highest BCUT2D eigenvalue weighted by molar-refractivity contribution is 4.82. The quantitative estimate of drug-likeness (QED) is 0.644. The van der Waals surface area contributed by atoms with Crippen LogP contribution in [0.3, 0.4) is 0 Å². The fourth-order valence-corrected chi connectivity index (χ4v) is 3.03. The second-order valence-electron chi connectivity index (χ2n) is 4.97. The highest BCUT2D eigenvalue weighted by Crippen LogP contribution is 2.27. The van der Waals surface area contributed by atoms with E-state index in [0.717, 1.165) is 12.0 Å². The zero-order valence-electron chi connectivity index (χ0n) is 9.47. The van der Waals surface area contributed by atoms with Crippen molar-refractivity contribution in [2.24, 2.45) is 5.92 Å². The van der Waals surface area contributed by atoms with Crippen molar-refractivity contribution >= 4 is 0 Å². The lowest BCUT2D eigenvalue weighted by molar-refractivity contribution is 0.124. The van der Waals surface area contributed by atoms with E-state index in [1.54, 1.807) is 0 Å². The van der Waals surface area contributed by atoms with Gasteiger partial charge in [-0.3, -0.25) is 4.90 Å². The Bertz CT molecular complexity index is 164. The van der Waals surface area contributed by atoms with Crippen LogP contribution >= 0.6 is 0 Å². The van der Waals surface area contributed by atoms with Crippen LogP contribution in [0, 0.1) is 5.92 Å². The van der Waals surface area contributed by atoms with E-state index < -0.39 is 0 Å². The number of hydrogen-bond donors (Lipinski definition) is 1. The van der Waals surface area contributed by atoms with Gasteiger partial charge in [0.1, 0.15) is 0 Å². The van der Waals surface area contributed by atoms with E-state index in [-0.39, 0.29) is 0 Å². The first-order chi connectivity index (χ1) is 6.88. The van der Waals surface area contributed by atoms with E-state index in [4.69, 9.17) is 0 Å². The minimum absolute atomic E-state index is 0.889. The van der Waals surface area contributed by atoms with Crippen molar-refractivity contribution in [3.8, 4) is 0 Å². The van der Waals surface area contributed by atoms with Crippen molar-refractivity contribution in [2.75, 3.05) is 26.2 Å². The Morgan fingerprint density at radius 2 is 1.71 bits per heavy atom. The fourth-order valence-electron chi connectivity index (χ4n) is 3.03. The minimum Gasteiger partial charge on any atom is -0.314 e. The third-order valence-electron chi connectivity index (χ3n) is 3.94. The molecule has 1 saturated carbocycles. The first-order valence-corrected chi connectivity index (χ1v) is 6.32. The molecule has 0 amide bonds. The van der Waals surface area contributed by atoms with Crippen LogP contribution in [-0.2, 0) is 0 Å². The zero-order chi connectivity index (χ0) is 9.80. The molecule has 0 aromatic rings. The van der Waals surface area contributed by atoms with Crippen LogP contribution in [0.15, 0.2) is 0 Å². The Labute approximate surface area is 88.1 Å². The Hall–Kier alpha value is -0.0800.